The average Bonchev–Trinajstić information content (AvgIpc) is 2.20. The predicted molar refractivity (Wildman–Crippen MR) is 58.5 cm³/mol. The van der Waals surface area contributed by atoms with Gasteiger partial charge in [-0.2, -0.15) is 0 Å². The maximum Gasteiger partial charge on any atom is 0.140 e. The molecule has 72 valence electrons. The summed E-state index contributed by atoms with van der Waals surface area (Å²) in [5.74, 6) is 0. The van der Waals surface area contributed by atoms with E-state index in [9.17, 15) is 0 Å². The first-order valence-corrected chi connectivity index (χ1v) is 5.08. The first-order chi connectivity index (χ1) is 6.81. The summed E-state index contributed by atoms with van der Waals surface area (Å²) in [7, 11) is 0. The number of halogens is 1. The van der Waals surface area contributed by atoms with Crippen LogP contribution in [0.1, 0.15) is 18.9 Å². The minimum atomic E-state index is 0.535. The van der Waals surface area contributed by atoms with Crippen LogP contribution < -0.4 is 0 Å². The Bertz CT molecular complexity index is 454. The monoisotopic (exact) mass is 206 g/mol. The summed E-state index contributed by atoms with van der Waals surface area (Å²) in [6.07, 6.45) is 3.70. The number of nitrogens with zero attached hydrogens (tertiary/aromatic N) is 2. The lowest BCUT2D eigenvalue weighted by molar-refractivity contribution is 0.923. The van der Waals surface area contributed by atoms with Gasteiger partial charge in [-0.1, -0.05) is 31.0 Å². The van der Waals surface area contributed by atoms with Crippen molar-refractivity contribution in [1.29, 1.82) is 0 Å². The second-order valence-corrected chi connectivity index (χ2v) is 3.62. The van der Waals surface area contributed by atoms with E-state index in [0.717, 1.165) is 23.7 Å². The van der Waals surface area contributed by atoms with Gasteiger partial charge in [-0.25, -0.2) is 9.97 Å². The molecule has 2 aromatic rings. The van der Waals surface area contributed by atoms with Crippen LogP contribution in [0.5, 0.6) is 0 Å². The van der Waals surface area contributed by atoms with E-state index in [1.165, 1.54) is 11.9 Å². The SMILES string of the molecule is CCCc1ccc2ncnc(Cl)c2c1. The maximum absolute atomic E-state index is 5.98. The lowest BCUT2D eigenvalue weighted by Crippen LogP contribution is -1.87. The summed E-state index contributed by atoms with van der Waals surface area (Å²) < 4.78 is 0. The highest BCUT2D eigenvalue weighted by atomic mass is 35.5. The minimum absolute atomic E-state index is 0.535. The van der Waals surface area contributed by atoms with Crippen LogP contribution in [0.3, 0.4) is 0 Å². The Labute approximate surface area is 88.0 Å². The number of hydrogen-bond donors (Lipinski definition) is 0. The Morgan fingerprint density at radius 3 is 2.93 bits per heavy atom. The van der Waals surface area contributed by atoms with Gasteiger partial charge in [0.1, 0.15) is 11.5 Å². The molecule has 0 saturated carbocycles. The first kappa shape index (κ1) is 9.41. The van der Waals surface area contributed by atoms with E-state index >= 15 is 0 Å². The summed E-state index contributed by atoms with van der Waals surface area (Å²) in [6.45, 7) is 2.16. The molecule has 0 atom stereocenters. The van der Waals surface area contributed by atoms with Gasteiger partial charge >= 0.3 is 0 Å². The standard InChI is InChI=1S/C11H11ClN2/c1-2-3-8-4-5-10-9(6-8)11(12)14-7-13-10/h4-7H,2-3H2,1H3. The van der Waals surface area contributed by atoms with Crippen LogP contribution in [0.4, 0.5) is 0 Å². The molecule has 1 aromatic carbocycles. The Morgan fingerprint density at radius 2 is 2.14 bits per heavy atom. The number of fused-ring (bicyclic) bond motifs is 1. The largest absolute Gasteiger partial charge is 0.236 e. The van der Waals surface area contributed by atoms with E-state index in [1.807, 2.05) is 6.07 Å². The van der Waals surface area contributed by atoms with Crippen LogP contribution >= 0.6 is 11.6 Å². The van der Waals surface area contributed by atoms with E-state index in [1.54, 1.807) is 0 Å². The number of hydrogen-bond acceptors (Lipinski definition) is 2. The van der Waals surface area contributed by atoms with Gasteiger partial charge in [0.05, 0.1) is 5.52 Å². The molecule has 0 bridgehead atoms. The Kier molecular flexibility index (Phi) is 2.64. The summed E-state index contributed by atoms with van der Waals surface area (Å²) >= 11 is 5.98. The molecule has 0 fully saturated rings. The van der Waals surface area contributed by atoms with Gasteiger partial charge < -0.3 is 0 Å². The zero-order chi connectivity index (χ0) is 9.97. The molecule has 0 aliphatic carbocycles. The van der Waals surface area contributed by atoms with Gasteiger partial charge in [0.25, 0.3) is 0 Å². The molecule has 2 nitrogen and oxygen atoms in total. The van der Waals surface area contributed by atoms with Crippen LogP contribution in [0.2, 0.25) is 5.15 Å². The molecule has 14 heavy (non-hydrogen) atoms. The van der Waals surface area contributed by atoms with Gasteiger partial charge in [0.2, 0.25) is 0 Å². The molecule has 0 saturated heterocycles. The van der Waals surface area contributed by atoms with Crippen LogP contribution in [0, 0.1) is 0 Å². The van der Waals surface area contributed by atoms with Crippen molar-refractivity contribution in [3.8, 4) is 0 Å². The molecule has 0 N–H and O–H groups in total. The number of benzene rings is 1. The highest BCUT2D eigenvalue weighted by Crippen LogP contribution is 2.20. The van der Waals surface area contributed by atoms with Crippen LogP contribution in [-0.2, 0) is 6.42 Å². The molecule has 0 radical (unpaired) electrons. The third-order valence-electron chi connectivity index (χ3n) is 2.19. The molecule has 1 heterocycles. The fourth-order valence-electron chi connectivity index (χ4n) is 1.52. The van der Waals surface area contributed by atoms with Crippen molar-refractivity contribution in [2.75, 3.05) is 0 Å². The topological polar surface area (TPSA) is 25.8 Å². The molecule has 0 amide bonds. The van der Waals surface area contributed by atoms with Gasteiger partial charge in [0, 0.05) is 5.39 Å². The fourth-order valence-corrected chi connectivity index (χ4v) is 1.71. The molecule has 0 spiro atoms. The van der Waals surface area contributed by atoms with E-state index < -0.39 is 0 Å². The molecule has 0 aliphatic rings. The highest BCUT2D eigenvalue weighted by Gasteiger charge is 2.01. The molecular formula is C11H11ClN2. The number of rotatable bonds is 2. The van der Waals surface area contributed by atoms with Gasteiger partial charge in [-0.05, 0) is 24.1 Å². The Balaban J connectivity index is 2.58. The molecule has 0 aliphatic heterocycles. The molecule has 1 aromatic heterocycles. The third kappa shape index (κ3) is 1.70. The van der Waals surface area contributed by atoms with Crippen molar-refractivity contribution >= 4 is 22.5 Å². The quantitative estimate of drug-likeness (QED) is 0.705. The zero-order valence-electron chi connectivity index (χ0n) is 8.00. The van der Waals surface area contributed by atoms with Crippen molar-refractivity contribution in [2.24, 2.45) is 0 Å². The summed E-state index contributed by atoms with van der Waals surface area (Å²) in [5.41, 5.74) is 2.20. The molecular weight excluding hydrogens is 196 g/mol. The lowest BCUT2D eigenvalue weighted by atomic mass is 10.1. The van der Waals surface area contributed by atoms with Gasteiger partial charge in [0.15, 0.2) is 0 Å². The fraction of sp³-hybridized carbons (Fsp3) is 0.273. The number of aryl methyl sites for hydroxylation is 1. The van der Waals surface area contributed by atoms with Crippen LogP contribution in [0.15, 0.2) is 24.5 Å². The van der Waals surface area contributed by atoms with Gasteiger partial charge in [-0.3, -0.25) is 0 Å². The third-order valence-corrected chi connectivity index (χ3v) is 2.49. The van der Waals surface area contributed by atoms with Crippen molar-refractivity contribution in [1.82, 2.24) is 9.97 Å². The summed E-state index contributed by atoms with van der Waals surface area (Å²) in [6, 6.07) is 6.16. The highest BCUT2D eigenvalue weighted by molar-refractivity contribution is 6.34. The molecule has 2 rings (SSSR count). The van der Waals surface area contributed by atoms with E-state index in [4.69, 9.17) is 11.6 Å². The van der Waals surface area contributed by atoms with E-state index in [2.05, 4.69) is 29.0 Å². The summed E-state index contributed by atoms with van der Waals surface area (Å²) in [5, 5.41) is 1.48. The van der Waals surface area contributed by atoms with Crippen molar-refractivity contribution < 1.29 is 0 Å². The van der Waals surface area contributed by atoms with Crippen LogP contribution in [0.25, 0.3) is 10.9 Å². The minimum Gasteiger partial charge on any atom is -0.236 e. The van der Waals surface area contributed by atoms with Crippen molar-refractivity contribution in [3.63, 3.8) is 0 Å². The predicted octanol–water partition coefficient (Wildman–Crippen LogP) is 3.24. The summed E-state index contributed by atoms with van der Waals surface area (Å²) in [4.78, 5) is 8.11. The number of aromatic nitrogens is 2. The van der Waals surface area contributed by atoms with Crippen LogP contribution in [-0.4, -0.2) is 9.97 Å². The maximum atomic E-state index is 5.98. The second-order valence-electron chi connectivity index (χ2n) is 3.27. The van der Waals surface area contributed by atoms with E-state index in [-0.39, 0.29) is 0 Å². The zero-order valence-corrected chi connectivity index (χ0v) is 8.75. The van der Waals surface area contributed by atoms with E-state index in [0.29, 0.717) is 5.15 Å². The smallest absolute Gasteiger partial charge is 0.140 e. The Hall–Kier alpha value is -1.15. The normalized spacial score (nSPS) is 10.7. The molecule has 3 heteroatoms. The van der Waals surface area contributed by atoms with Crippen molar-refractivity contribution in [2.45, 2.75) is 19.8 Å². The van der Waals surface area contributed by atoms with Crippen molar-refractivity contribution in [3.05, 3.63) is 35.2 Å². The van der Waals surface area contributed by atoms with Gasteiger partial charge in [-0.15, -0.1) is 0 Å². The lowest BCUT2D eigenvalue weighted by Gasteiger charge is -2.02. The molecule has 0 unspecified atom stereocenters. The first-order valence-electron chi connectivity index (χ1n) is 4.70. The average molecular weight is 207 g/mol. The Morgan fingerprint density at radius 1 is 1.29 bits per heavy atom. The second kappa shape index (κ2) is 3.93.